The highest BCUT2D eigenvalue weighted by Crippen LogP contribution is 2.17. The second kappa shape index (κ2) is 10.3. The van der Waals surface area contributed by atoms with Crippen LogP contribution in [0.1, 0.15) is 22.6 Å². The number of halogens is 1. The maximum absolute atomic E-state index is 12.0. The predicted octanol–water partition coefficient (Wildman–Crippen LogP) is 1.94. The summed E-state index contributed by atoms with van der Waals surface area (Å²) in [6.07, 6.45) is 0.832. The Morgan fingerprint density at radius 1 is 1.23 bits per heavy atom. The Balaban J connectivity index is 1.80. The molecule has 1 aromatic carbocycles. The van der Waals surface area contributed by atoms with Crippen LogP contribution in [0.3, 0.4) is 0 Å². The van der Waals surface area contributed by atoms with Gasteiger partial charge in [0.1, 0.15) is 5.82 Å². The van der Waals surface area contributed by atoms with Gasteiger partial charge in [0, 0.05) is 30.3 Å². The Bertz CT molecular complexity index is 751. The normalized spacial score (nSPS) is 10.6. The molecule has 0 aliphatic rings. The zero-order chi connectivity index (χ0) is 18.9. The topological polar surface area (TPSA) is 98.1 Å². The van der Waals surface area contributed by atoms with Gasteiger partial charge in [-0.3, -0.25) is 20.4 Å². The van der Waals surface area contributed by atoms with Gasteiger partial charge in [-0.05, 0) is 37.6 Å². The highest BCUT2D eigenvalue weighted by molar-refractivity contribution is 9.10. The summed E-state index contributed by atoms with van der Waals surface area (Å²) in [4.78, 5) is 23.9. The van der Waals surface area contributed by atoms with Gasteiger partial charge in [-0.2, -0.15) is 0 Å². The van der Waals surface area contributed by atoms with Crippen molar-refractivity contribution in [3.8, 4) is 0 Å². The number of benzene rings is 1. The molecule has 0 aliphatic heterocycles. The molecule has 10 heteroatoms. The molecular formula is C16H20BrN5O3S. The number of aromatic nitrogens is 3. The first kappa shape index (κ1) is 20.4. The Hall–Kier alpha value is -1.91. The zero-order valence-electron chi connectivity index (χ0n) is 14.5. The third kappa shape index (κ3) is 6.11. The number of rotatable bonds is 8. The molecule has 26 heavy (non-hydrogen) atoms. The molecule has 1 aromatic heterocycles. The maximum atomic E-state index is 12.0. The lowest BCUT2D eigenvalue weighted by Crippen LogP contribution is -2.42. The third-order valence-electron chi connectivity index (χ3n) is 3.39. The molecule has 0 atom stereocenters. The molecule has 2 rings (SSSR count). The zero-order valence-corrected chi connectivity index (χ0v) is 16.9. The van der Waals surface area contributed by atoms with Gasteiger partial charge in [0.05, 0.1) is 5.75 Å². The van der Waals surface area contributed by atoms with Crippen LogP contribution in [0.25, 0.3) is 0 Å². The first-order valence-corrected chi connectivity index (χ1v) is 9.65. The average Bonchev–Trinajstić information content (AvgIpc) is 2.99. The minimum atomic E-state index is -0.380. The van der Waals surface area contributed by atoms with E-state index in [0.717, 1.165) is 23.3 Å². The van der Waals surface area contributed by atoms with E-state index in [4.69, 9.17) is 4.74 Å². The molecule has 0 bridgehead atoms. The van der Waals surface area contributed by atoms with Gasteiger partial charge < -0.3 is 9.30 Å². The van der Waals surface area contributed by atoms with Crippen LogP contribution < -0.4 is 10.9 Å². The predicted molar refractivity (Wildman–Crippen MR) is 102 cm³/mol. The second-order valence-corrected chi connectivity index (χ2v) is 7.18. The number of thioether (sulfide) groups is 1. The molecule has 0 fully saturated rings. The van der Waals surface area contributed by atoms with Crippen molar-refractivity contribution in [3.63, 3.8) is 0 Å². The summed E-state index contributed by atoms with van der Waals surface area (Å²) in [5.41, 5.74) is 5.24. The number of hydrazine groups is 1. The van der Waals surface area contributed by atoms with Crippen LogP contribution in [0.15, 0.2) is 33.9 Å². The van der Waals surface area contributed by atoms with E-state index in [2.05, 4.69) is 37.0 Å². The lowest BCUT2D eigenvalue weighted by Gasteiger charge is -2.09. The van der Waals surface area contributed by atoms with Gasteiger partial charge in [-0.25, -0.2) is 0 Å². The van der Waals surface area contributed by atoms with Crippen molar-refractivity contribution in [2.75, 3.05) is 19.5 Å². The molecule has 1 heterocycles. The fraction of sp³-hybridized carbons (Fsp3) is 0.375. The molecule has 0 unspecified atom stereocenters. The van der Waals surface area contributed by atoms with E-state index in [-0.39, 0.29) is 17.6 Å². The number of hydrogen-bond donors (Lipinski definition) is 2. The van der Waals surface area contributed by atoms with Crippen molar-refractivity contribution < 1.29 is 14.3 Å². The van der Waals surface area contributed by atoms with E-state index in [0.29, 0.717) is 17.3 Å². The van der Waals surface area contributed by atoms with Crippen LogP contribution in [0.4, 0.5) is 0 Å². The van der Waals surface area contributed by atoms with Crippen LogP contribution in [0.5, 0.6) is 0 Å². The van der Waals surface area contributed by atoms with Crippen molar-refractivity contribution >= 4 is 39.5 Å². The van der Waals surface area contributed by atoms with E-state index in [9.17, 15) is 9.59 Å². The summed E-state index contributed by atoms with van der Waals surface area (Å²) in [5, 5.41) is 8.78. The molecule has 0 saturated carbocycles. The SMILES string of the molecule is COCCCn1c(C)nnc1SCC(=O)NNC(=O)c1ccc(Br)cc1. The van der Waals surface area contributed by atoms with E-state index in [1.54, 1.807) is 31.4 Å². The number of amides is 2. The number of carbonyl (C=O) groups is 2. The molecule has 2 N–H and O–H groups in total. The fourth-order valence-corrected chi connectivity index (χ4v) is 3.13. The fourth-order valence-electron chi connectivity index (χ4n) is 2.06. The number of hydrogen-bond acceptors (Lipinski definition) is 6. The summed E-state index contributed by atoms with van der Waals surface area (Å²) in [5.74, 6) is 0.190. The highest BCUT2D eigenvalue weighted by atomic mass is 79.9. The molecule has 0 radical (unpaired) electrons. The van der Waals surface area contributed by atoms with Gasteiger partial charge in [0.2, 0.25) is 5.91 Å². The summed E-state index contributed by atoms with van der Waals surface area (Å²) >= 11 is 4.56. The number of aryl methyl sites for hydroxylation is 1. The quantitative estimate of drug-likeness (QED) is 0.369. The van der Waals surface area contributed by atoms with Crippen LogP contribution in [-0.2, 0) is 16.1 Å². The van der Waals surface area contributed by atoms with E-state index in [1.807, 2.05) is 11.5 Å². The molecule has 0 saturated heterocycles. The second-order valence-electron chi connectivity index (χ2n) is 5.33. The molecule has 8 nitrogen and oxygen atoms in total. The van der Waals surface area contributed by atoms with E-state index < -0.39 is 0 Å². The van der Waals surface area contributed by atoms with Crippen molar-refractivity contribution in [1.82, 2.24) is 25.6 Å². The van der Waals surface area contributed by atoms with Crippen molar-refractivity contribution in [2.24, 2.45) is 0 Å². The Morgan fingerprint density at radius 2 is 1.96 bits per heavy atom. The van der Waals surface area contributed by atoms with E-state index in [1.165, 1.54) is 11.8 Å². The summed E-state index contributed by atoms with van der Waals surface area (Å²) in [7, 11) is 1.65. The lowest BCUT2D eigenvalue weighted by molar-refractivity contribution is -0.119. The standard InChI is InChI=1S/C16H20BrN5O3S/c1-11-18-21-16(22(11)8-3-9-25-2)26-10-14(23)19-20-15(24)12-4-6-13(17)7-5-12/h4-7H,3,8-10H2,1-2H3,(H,19,23)(H,20,24). The van der Waals surface area contributed by atoms with Crippen molar-refractivity contribution in [3.05, 3.63) is 40.1 Å². The van der Waals surface area contributed by atoms with Gasteiger partial charge in [-0.15, -0.1) is 10.2 Å². The number of carbonyl (C=O) groups excluding carboxylic acids is 2. The first-order valence-electron chi connectivity index (χ1n) is 7.87. The summed E-state index contributed by atoms with van der Waals surface area (Å²) < 4.78 is 7.86. The third-order valence-corrected chi connectivity index (χ3v) is 4.88. The average molecular weight is 442 g/mol. The monoisotopic (exact) mass is 441 g/mol. The Labute approximate surface area is 164 Å². The number of methoxy groups -OCH3 is 1. The molecule has 2 aromatic rings. The molecule has 0 aliphatic carbocycles. The van der Waals surface area contributed by atoms with Crippen molar-refractivity contribution in [2.45, 2.75) is 25.0 Å². The molecular weight excluding hydrogens is 422 g/mol. The highest BCUT2D eigenvalue weighted by Gasteiger charge is 2.12. The number of nitrogens with zero attached hydrogens (tertiary/aromatic N) is 3. The molecule has 140 valence electrons. The van der Waals surface area contributed by atoms with Crippen LogP contribution in [-0.4, -0.2) is 46.0 Å². The Morgan fingerprint density at radius 3 is 2.65 bits per heavy atom. The lowest BCUT2D eigenvalue weighted by atomic mass is 10.2. The maximum Gasteiger partial charge on any atom is 0.269 e. The van der Waals surface area contributed by atoms with Crippen LogP contribution in [0.2, 0.25) is 0 Å². The van der Waals surface area contributed by atoms with Crippen LogP contribution >= 0.6 is 27.7 Å². The minimum Gasteiger partial charge on any atom is -0.385 e. The minimum absolute atomic E-state index is 0.114. The number of ether oxygens (including phenoxy) is 1. The van der Waals surface area contributed by atoms with Gasteiger partial charge in [-0.1, -0.05) is 27.7 Å². The molecule has 0 spiro atoms. The summed E-state index contributed by atoms with van der Waals surface area (Å²) in [6.45, 7) is 3.23. The Kier molecular flexibility index (Phi) is 8.07. The van der Waals surface area contributed by atoms with Gasteiger partial charge in [0.15, 0.2) is 5.16 Å². The van der Waals surface area contributed by atoms with E-state index >= 15 is 0 Å². The largest absolute Gasteiger partial charge is 0.385 e. The van der Waals surface area contributed by atoms with Crippen LogP contribution in [0, 0.1) is 6.92 Å². The van der Waals surface area contributed by atoms with Crippen molar-refractivity contribution in [1.29, 1.82) is 0 Å². The smallest absolute Gasteiger partial charge is 0.269 e. The van der Waals surface area contributed by atoms with Gasteiger partial charge in [0.25, 0.3) is 5.91 Å². The summed E-state index contributed by atoms with van der Waals surface area (Å²) in [6, 6.07) is 6.83. The molecule has 2 amide bonds. The number of nitrogens with one attached hydrogen (secondary N) is 2. The van der Waals surface area contributed by atoms with Gasteiger partial charge >= 0.3 is 0 Å². The first-order chi connectivity index (χ1) is 12.5.